The van der Waals surface area contributed by atoms with Gasteiger partial charge in [-0.25, -0.2) is 14.2 Å². The lowest BCUT2D eigenvalue weighted by Crippen LogP contribution is -2.46. The molecule has 1 saturated heterocycles. The number of hydrogen-bond donors (Lipinski definition) is 2. The number of alkyl halides is 3. The van der Waals surface area contributed by atoms with Gasteiger partial charge >= 0.3 is 12.3 Å². The predicted octanol–water partition coefficient (Wildman–Crippen LogP) is 3.89. The van der Waals surface area contributed by atoms with Crippen LogP contribution in [0, 0.1) is 5.82 Å². The minimum absolute atomic E-state index is 0.0349. The molecule has 1 fully saturated rings. The van der Waals surface area contributed by atoms with Crippen LogP contribution in [-0.4, -0.2) is 52.0 Å². The van der Waals surface area contributed by atoms with Crippen LogP contribution in [0.2, 0.25) is 0 Å². The Hall–Kier alpha value is -3.15. The van der Waals surface area contributed by atoms with Gasteiger partial charge in [0.1, 0.15) is 22.8 Å². The largest absolute Gasteiger partial charge is 0.444 e. The predicted molar refractivity (Wildman–Crippen MR) is 110 cm³/mol. The number of carbonyl (C=O) groups is 1. The van der Waals surface area contributed by atoms with Crippen LogP contribution in [0.4, 0.5) is 28.3 Å². The first-order chi connectivity index (χ1) is 15.2. The number of benzene rings is 1. The fourth-order valence-electron chi connectivity index (χ4n) is 3.13. The van der Waals surface area contributed by atoms with E-state index in [2.05, 4.69) is 15.3 Å². The first kappa shape index (κ1) is 24.5. The number of nitrogens with one attached hydrogen (secondary N) is 1. The molecule has 0 radical (unpaired) electrons. The third-order valence-corrected chi connectivity index (χ3v) is 4.58. The summed E-state index contributed by atoms with van der Waals surface area (Å²) in [6.07, 6.45) is -5.37. The van der Waals surface area contributed by atoms with E-state index in [-0.39, 0.29) is 37.8 Å². The van der Waals surface area contributed by atoms with Crippen molar-refractivity contribution < 1.29 is 36.9 Å². The van der Waals surface area contributed by atoms with Crippen molar-refractivity contribution in [3.05, 3.63) is 41.8 Å². The molecule has 2 N–H and O–H groups in total. The van der Waals surface area contributed by atoms with Crippen molar-refractivity contribution in [2.75, 3.05) is 24.5 Å². The second-order valence-electron chi connectivity index (χ2n) is 8.70. The Balaban J connectivity index is 1.77. The maximum Gasteiger partial charge on any atom is 0.433 e. The zero-order valence-corrected chi connectivity index (χ0v) is 18.2. The number of carbonyl (C=O) groups excluding carboxylic acids is 1. The zero-order valence-electron chi connectivity index (χ0n) is 18.2. The molecule has 1 aromatic heterocycles. The van der Waals surface area contributed by atoms with Crippen LogP contribution in [0.15, 0.2) is 30.3 Å². The van der Waals surface area contributed by atoms with E-state index in [9.17, 15) is 27.5 Å². The van der Waals surface area contributed by atoms with Crippen LogP contribution < -0.4 is 15.0 Å². The number of β-amino-alcohol motifs (C(OH)–C–C–N with tert-alkyl or cyclic N) is 1. The molecule has 0 spiro atoms. The summed E-state index contributed by atoms with van der Waals surface area (Å²) in [5.74, 6) is -1.41. The molecule has 33 heavy (non-hydrogen) atoms. The number of aromatic nitrogens is 2. The SMILES string of the molecule is CC(C)(C)OC(=O)NCC1(O)CCN(c2nc(Oc3cccc(F)c3)cc(C(F)(F)F)n2)C1. The number of nitrogens with zero attached hydrogens (tertiary/aromatic N) is 3. The van der Waals surface area contributed by atoms with Crippen molar-refractivity contribution in [2.24, 2.45) is 0 Å². The summed E-state index contributed by atoms with van der Waals surface area (Å²) in [5.41, 5.74) is -3.41. The highest BCUT2D eigenvalue weighted by Gasteiger charge is 2.40. The highest BCUT2D eigenvalue weighted by molar-refractivity contribution is 5.67. The Morgan fingerprint density at radius 3 is 2.61 bits per heavy atom. The van der Waals surface area contributed by atoms with E-state index in [1.54, 1.807) is 20.8 Å². The molecule has 180 valence electrons. The fraction of sp³-hybridized carbons (Fsp3) is 0.476. The normalized spacial score (nSPS) is 18.8. The van der Waals surface area contributed by atoms with Crippen LogP contribution in [0.5, 0.6) is 11.6 Å². The number of hydrogen-bond acceptors (Lipinski definition) is 7. The average Bonchev–Trinajstić information content (AvgIpc) is 3.07. The molecular formula is C21H24F4N4O4. The van der Waals surface area contributed by atoms with E-state index in [1.165, 1.54) is 17.0 Å². The van der Waals surface area contributed by atoms with Crippen molar-refractivity contribution in [3.63, 3.8) is 0 Å². The third-order valence-electron chi connectivity index (χ3n) is 4.58. The van der Waals surface area contributed by atoms with Crippen LogP contribution in [0.3, 0.4) is 0 Å². The van der Waals surface area contributed by atoms with Gasteiger partial charge in [0, 0.05) is 18.7 Å². The minimum atomic E-state index is -4.79. The second kappa shape index (κ2) is 9.00. The van der Waals surface area contributed by atoms with E-state index in [0.29, 0.717) is 6.07 Å². The number of alkyl carbamates (subject to hydrolysis) is 1. The van der Waals surface area contributed by atoms with Gasteiger partial charge in [-0.05, 0) is 39.3 Å². The maximum absolute atomic E-state index is 13.4. The maximum atomic E-state index is 13.4. The van der Waals surface area contributed by atoms with Gasteiger partial charge in [-0.3, -0.25) is 0 Å². The molecular weight excluding hydrogens is 448 g/mol. The Morgan fingerprint density at radius 2 is 1.97 bits per heavy atom. The van der Waals surface area contributed by atoms with E-state index in [0.717, 1.165) is 12.1 Å². The Kier molecular flexibility index (Phi) is 6.68. The van der Waals surface area contributed by atoms with Gasteiger partial charge in [0.15, 0.2) is 5.69 Å². The van der Waals surface area contributed by atoms with E-state index < -0.39 is 40.9 Å². The monoisotopic (exact) mass is 472 g/mol. The number of aliphatic hydroxyl groups is 1. The number of rotatable bonds is 5. The van der Waals surface area contributed by atoms with Crippen LogP contribution in [0.1, 0.15) is 32.9 Å². The quantitative estimate of drug-likeness (QED) is 0.638. The van der Waals surface area contributed by atoms with Gasteiger partial charge in [0.05, 0.1) is 13.1 Å². The van der Waals surface area contributed by atoms with Crippen molar-refractivity contribution in [2.45, 2.75) is 44.6 Å². The Labute approximate surface area is 187 Å². The molecule has 0 aliphatic carbocycles. The molecule has 1 aliphatic heterocycles. The molecule has 1 atom stereocenters. The van der Waals surface area contributed by atoms with E-state index in [4.69, 9.17) is 9.47 Å². The van der Waals surface area contributed by atoms with Gasteiger partial charge in [-0.2, -0.15) is 18.2 Å². The van der Waals surface area contributed by atoms with Crippen LogP contribution >= 0.6 is 0 Å². The molecule has 2 aromatic rings. The van der Waals surface area contributed by atoms with Gasteiger partial charge in [-0.15, -0.1) is 0 Å². The second-order valence-corrected chi connectivity index (χ2v) is 8.70. The Morgan fingerprint density at radius 1 is 1.24 bits per heavy atom. The van der Waals surface area contributed by atoms with Crippen LogP contribution in [-0.2, 0) is 10.9 Å². The highest BCUT2D eigenvalue weighted by Crippen LogP contribution is 2.34. The lowest BCUT2D eigenvalue weighted by molar-refractivity contribution is -0.141. The average molecular weight is 472 g/mol. The first-order valence-electron chi connectivity index (χ1n) is 10.1. The summed E-state index contributed by atoms with van der Waals surface area (Å²) in [6.45, 7) is 4.88. The zero-order chi connectivity index (χ0) is 24.4. The molecule has 0 saturated carbocycles. The fourth-order valence-corrected chi connectivity index (χ4v) is 3.13. The van der Waals surface area contributed by atoms with E-state index in [1.807, 2.05) is 0 Å². The molecule has 1 amide bonds. The number of halogens is 4. The molecule has 0 bridgehead atoms. The molecule has 1 unspecified atom stereocenters. The lowest BCUT2D eigenvalue weighted by Gasteiger charge is -2.25. The summed E-state index contributed by atoms with van der Waals surface area (Å²) in [7, 11) is 0. The van der Waals surface area contributed by atoms with Gasteiger partial charge in [0.25, 0.3) is 0 Å². The topological polar surface area (TPSA) is 96.8 Å². The lowest BCUT2D eigenvalue weighted by atomic mass is 10.0. The molecule has 12 heteroatoms. The van der Waals surface area contributed by atoms with Crippen molar-refractivity contribution in [1.29, 1.82) is 0 Å². The summed E-state index contributed by atoms with van der Waals surface area (Å²) in [4.78, 5) is 20.8. The van der Waals surface area contributed by atoms with Gasteiger partial charge < -0.3 is 24.8 Å². The molecule has 8 nitrogen and oxygen atoms in total. The first-order valence-corrected chi connectivity index (χ1v) is 10.1. The Bertz CT molecular complexity index is 1010. The summed E-state index contributed by atoms with van der Waals surface area (Å²) in [5, 5.41) is 13.2. The molecule has 3 rings (SSSR count). The number of ether oxygens (including phenoxy) is 2. The standard InChI is InChI=1S/C21H24F4N4O4/c1-19(2,3)33-18(30)26-11-20(31)7-8-29(12-20)17-27-15(21(23,24)25)10-16(28-17)32-14-6-4-5-13(22)9-14/h4-6,9-10,31H,7-8,11-12H2,1-3H3,(H,26,30). The highest BCUT2D eigenvalue weighted by atomic mass is 19.4. The van der Waals surface area contributed by atoms with Crippen molar-refractivity contribution in [3.8, 4) is 11.6 Å². The smallest absolute Gasteiger partial charge is 0.433 e. The minimum Gasteiger partial charge on any atom is -0.444 e. The van der Waals surface area contributed by atoms with Gasteiger partial charge in [-0.1, -0.05) is 6.07 Å². The molecule has 1 aromatic carbocycles. The number of amides is 1. The molecule has 2 heterocycles. The summed E-state index contributed by atoms with van der Waals surface area (Å²) < 4.78 is 64.0. The third kappa shape index (κ3) is 6.91. The molecule has 1 aliphatic rings. The van der Waals surface area contributed by atoms with Crippen LogP contribution in [0.25, 0.3) is 0 Å². The van der Waals surface area contributed by atoms with Crippen molar-refractivity contribution in [1.82, 2.24) is 15.3 Å². The van der Waals surface area contributed by atoms with E-state index >= 15 is 0 Å². The van der Waals surface area contributed by atoms with Gasteiger partial charge in [0.2, 0.25) is 11.8 Å². The summed E-state index contributed by atoms with van der Waals surface area (Å²) >= 11 is 0. The van der Waals surface area contributed by atoms with Crippen molar-refractivity contribution >= 4 is 12.0 Å². The number of anilines is 1. The summed E-state index contributed by atoms with van der Waals surface area (Å²) in [6, 6.07) is 5.49.